The number of hydrogen-bond acceptors (Lipinski definition) is 15. The number of fused-ring (bicyclic) bond motifs is 10. The number of aliphatic hydroxyl groups excluding tert-OH is 1. The molecule has 9 atom stereocenters. The molecule has 0 saturated carbocycles. The summed E-state index contributed by atoms with van der Waals surface area (Å²) >= 11 is 1.49. The maximum atomic E-state index is 15.0. The number of hydrogen-bond donors (Lipinski definition) is 4. The van der Waals surface area contributed by atoms with Crippen LogP contribution < -0.4 is 30.0 Å². The lowest BCUT2D eigenvalue weighted by molar-refractivity contribution is -0.249. The van der Waals surface area contributed by atoms with E-state index < -0.39 is 52.6 Å². The van der Waals surface area contributed by atoms with Gasteiger partial charge in [-0.25, -0.2) is 4.79 Å². The number of aryl methyl sites for hydroxylation is 1. The highest BCUT2D eigenvalue weighted by atomic mass is 32.2. The summed E-state index contributed by atoms with van der Waals surface area (Å²) in [5.74, 6) is 1.31. The van der Waals surface area contributed by atoms with E-state index >= 15 is 0 Å². The Hall–Kier alpha value is -4.51. The molecule has 298 valence electrons. The van der Waals surface area contributed by atoms with Crippen LogP contribution in [-0.4, -0.2) is 89.1 Å². The van der Waals surface area contributed by atoms with Gasteiger partial charge in [-0.15, -0.1) is 11.8 Å². The van der Waals surface area contributed by atoms with Gasteiger partial charge in [0, 0.05) is 70.0 Å². The van der Waals surface area contributed by atoms with E-state index in [9.17, 15) is 19.8 Å². The number of nitrogens with zero attached hydrogens (tertiary/aromatic N) is 2. The van der Waals surface area contributed by atoms with Crippen LogP contribution in [0.2, 0.25) is 0 Å². The van der Waals surface area contributed by atoms with Gasteiger partial charge in [-0.3, -0.25) is 19.9 Å². The Morgan fingerprint density at radius 3 is 2.68 bits per heavy atom. The highest BCUT2D eigenvalue weighted by Crippen LogP contribution is 2.70. The summed E-state index contributed by atoms with van der Waals surface area (Å²) in [4.78, 5) is 32.4. The second-order valence-electron chi connectivity index (χ2n) is 16.7. The molecule has 1 aromatic heterocycles. The van der Waals surface area contributed by atoms with Crippen molar-refractivity contribution in [3.8, 4) is 28.7 Å². The van der Waals surface area contributed by atoms with Gasteiger partial charge >= 0.3 is 11.9 Å². The molecule has 3 aromatic carbocycles. The molecule has 15 heteroatoms. The number of aromatic hydroxyl groups is 1. The number of nitrogens with two attached hydrogens (primary N) is 1. The van der Waals surface area contributed by atoms with E-state index in [1.807, 2.05) is 38.1 Å². The topological polar surface area (TPSA) is 178 Å². The first-order valence-corrected chi connectivity index (χ1v) is 20.5. The molecule has 0 radical (unpaired) electrons. The van der Waals surface area contributed by atoms with Gasteiger partial charge in [0.05, 0.1) is 30.5 Å². The molecule has 0 amide bonds. The molecule has 8 aliphatic rings. The smallest absolute Gasteiger partial charge is 0.335 e. The van der Waals surface area contributed by atoms with Crippen LogP contribution in [-0.2, 0) is 31.8 Å². The number of methoxy groups -OCH3 is 1. The van der Waals surface area contributed by atoms with Gasteiger partial charge in [-0.2, -0.15) is 0 Å². The van der Waals surface area contributed by atoms with Gasteiger partial charge in [0.25, 0.3) is 0 Å². The van der Waals surface area contributed by atoms with Crippen molar-refractivity contribution in [3.05, 3.63) is 75.0 Å². The minimum atomic E-state index is -1.45. The average molecular weight is 797 g/mol. The average Bonchev–Trinajstić information content (AvgIpc) is 3.88. The highest BCUT2D eigenvalue weighted by molar-refractivity contribution is 7.99. The number of phenols is 1. The van der Waals surface area contributed by atoms with Crippen LogP contribution in [0.25, 0.3) is 11.0 Å². The lowest BCUT2D eigenvalue weighted by Gasteiger charge is -2.67. The van der Waals surface area contributed by atoms with Crippen molar-refractivity contribution >= 4 is 34.7 Å². The molecular weight excluding hydrogens is 753 g/mol. The largest absolute Gasteiger partial charge is 0.504 e. The summed E-state index contributed by atoms with van der Waals surface area (Å²) in [6.45, 7) is 7.34. The molecule has 1 spiro atoms. The van der Waals surface area contributed by atoms with E-state index in [2.05, 4.69) is 28.1 Å². The van der Waals surface area contributed by atoms with Crippen LogP contribution >= 0.6 is 11.8 Å². The first kappa shape index (κ1) is 35.6. The van der Waals surface area contributed by atoms with E-state index in [1.54, 1.807) is 7.11 Å². The molecular formula is C42H44N4O10S. The number of carbonyl (C=O) groups is 2. The third-order valence-corrected chi connectivity index (χ3v) is 15.3. The lowest BCUT2D eigenvalue weighted by atomic mass is 9.72. The Morgan fingerprint density at radius 2 is 1.91 bits per heavy atom. The van der Waals surface area contributed by atoms with Crippen LogP contribution in [0.3, 0.4) is 0 Å². The first-order chi connectivity index (χ1) is 27.4. The van der Waals surface area contributed by atoms with Crippen molar-refractivity contribution in [3.63, 3.8) is 0 Å². The second kappa shape index (κ2) is 12.0. The number of thioether (sulfide) groups is 1. The summed E-state index contributed by atoms with van der Waals surface area (Å²) in [6, 6.07) is 7.50. The zero-order valence-electron chi connectivity index (χ0n) is 32.2. The van der Waals surface area contributed by atoms with Crippen molar-refractivity contribution in [1.29, 1.82) is 0 Å². The third-order valence-electron chi connectivity index (χ3n) is 13.8. The molecule has 2 bridgehead atoms. The highest BCUT2D eigenvalue weighted by Gasteiger charge is 2.71. The van der Waals surface area contributed by atoms with Gasteiger partial charge in [0.2, 0.25) is 6.79 Å². The van der Waals surface area contributed by atoms with Crippen LogP contribution in [0, 0.1) is 13.8 Å². The van der Waals surface area contributed by atoms with E-state index in [-0.39, 0.29) is 43.5 Å². The molecule has 8 aliphatic heterocycles. The number of esters is 2. The Morgan fingerprint density at radius 1 is 1.12 bits per heavy atom. The SMILES string of the molecule is COc1c(C)cc2c(c1O)[C@@H]1C3[C@@H]4SC[C@]5(N[C@@H](CN)Cc6c5oc5ccccc65)C(=O)OC[C@@H](c5c6c(c(C)c(OC(C)=O)c54)OCO6)N3[C@@H](O)[C@@H]3C[C@@]2(C)N13. The fourth-order valence-corrected chi connectivity index (χ4v) is 13.2. The molecule has 12 rings (SSSR count). The van der Waals surface area contributed by atoms with Crippen molar-refractivity contribution < 1.29 is 47.9 Å². The zero-order chi connectivity index (χ0) is 39.4. The van der Waals surface area contributed by atoms with Crippen LogP contribution in [0.4, 0.5) is 0 Å². The van der Waals surface area contributed by atoms with Gasteiger partial charge in [0.1, 0.15) is 29.9 Å². The summed E-state index contributed by atoms with van der Waals surface area (Å²) < 4.78 is 37.4. The first-order valence-electron chi connectivity index (χ1n) is 19.5. The predicted octanol–water partition coefficient (Wildman–Crippen LogP) is 4.22. The number of piperazine rings is 1. The molecule has 0 aliphatic carbocycles. The molecule has 1 unspecified atom stereocenters. The Labute approximate surface area is 332 Å². The summed E-state index contributed by atoms with van der Waals surface area (Å²) in [6.07, 6.45) is 0.198. The number of ether oxygens (including phenoxy) is 5. The predicted molar refractivity (Wildman–Crippen MR) is 206 cm³/mol. The monoisotopic (exact) mass is 796 g/mol. The number of para-hydroxylation sites is 1. The molecule has 3 saturated heterocycles. The Balaban J connectivity index is 1.18. The molecule has 4 aromatic rings. The summed E-state index contributed by atoms with van der Waals surface area (Å²) in [5, 5.41) is 28.8. The number of phenolic OH excluding ortho intramolecular Hbond substituents is 1. The van der Waals surface area contributed by atoms with E-state index in [1.165, 1.54) is 18.7 Å². The van der Waals surface area contributed by atoms with Gasteiger partial charge in [-0.1, -0.05) is 18.2 Å². The van der Waals surface area contributed by atoms with Gasteiger partial charge < -0.3 is 44.0 Å². The normalized spacial score (nSPS) is 33.2. The quantitative estimate of drug-likeness (QED) is 0.171. The Bertz CT molecular complexity index is 2450. The van der Waals surface area contributed by atoms with Crippen LogP contribution in [0.5, 0.6) is 28.7 Å². The van der Waals surface area contributed by atoms with Crippen molar-refractivity contribution in [2.45, 2.75) is 93.3 Å². The third kappa shape index (κ3) is 4.39. The fraction of sp³-hybridized carbons (Fsp3) is 0.476. The van der Waals surface area contributed by atoms with E-state index in [4.69, 9.17) is 33.8 Å². The van der Waals surface area contributed by atoms with Crippen LogP contribution in [0.1, 0.15) is 82.3 Å². The zero-order valence-corrected chi connectivity index (χ0v) is 33.0. The minimum Gasteiger partial charge on any atom is -0.504 e. The lowest BCUT2D eigenvalue weighted by Crippen LogP contribution is -2.75. The standard InChI is InChI=1S/C42H44N4O10S/c1-17-10-23-27(32(48)33(17)51-5)30-31-37-29-28(36-35(53-16-54-36)18(2)34(29)55-19(3)47)25(45(31)39(49)24-12-41(23,4)46(24)30)14-52-40(50)42(15-57-37)38-22(11-20(13-43)44-42)21-8-6-7-9-26(21)56-38/h6-10,20,24-25,30-31,37,39,44,48-49H,11-16,43H2,1-5H3/t20-,24+,25+,30-,31?,37-,39+,41-,42-/m1/s1. The molecule has 57 heavy (non-hydrogen) atoms. The van der Waals surface area contributed by atoms with E-state index in [0.29, 0.717) is 63.9 Å². The number of rotatable bonds is 3. The number of benzene rings is 3. The van der Waals surface area contributed by atoms with Crippen molar-refractivity contribution in [2.24, 2.45) is 5.73 Å². The summed E-state index contributed by atoms with van der Waals surface area (Å²) in [5.41, 5.74) is 10.5. The van der Waals surface area contributed by atoms with Gasteiger partial charge in [0.15, 0.2) is 28.5 Å². The minimum absolute atomic E-state index is 0.0530. The number of carbonyl (C=O) groups excluding carboxylic acids is 2. The Kier molecular flexibility index (Phi) is 7.52. The van der Waals surface area contributed by atoms with Crippen molar-refractivity contribution in [1.82, 2.24) is 15.1 Å². The number of furan rings is 1. The maximum Gasteiger partial charge on any atom is 0.335 e. The molecule has 14 nitrogen and oxygen atoms in total. The second-order valence-corrected chi connectivity index (χ2v) is 17.8. The van der Waals surface area contributed by atoms with Crippen molar-refractivity contribution in [2.75, 3.05) is 32.8 Å². The van der Waals surface area contributed by atoms with Gasteiger partial charge in [-0.05, 0) is 56.9 Å². The maximum absolute atomic E-state index is 15.0. The number of aliphatic hydroxyl groups is 1. The fourth-order valence-electron chi connectivity index (χ4n) is 11.6. The molecule has 9 heterocycles. The van der Waals surface area contributed by atoms with Crippen LogP contribution in [0.15, 0.2) is 34.7 Å². The molecule has 3 fully saturated rings. The summed E-state index contributed by atoms with van der Waals surface area (Å²) in [7, 11) is 1.56. The molecule has 5 N–H and O–H groups in total. The number of nitrogens with one attached hydrogen (secondary N) is 1. The van der Waals surface area contributed by atoms with E-state index in [0.717, 1.165) is 27.6 Å².